The van der Waals surface area contributed by atoms with Gasteiger partial charge in [-0.15, -0.1) is 6.58 Å². The summed E-state index contributed by atoms with van der Waals surface area (Å²) in [4.78, 5) is 0. The smallest absolute Gasteiger partial charge is 0.332 e. The topological polar surface area (TPSA) is 49.5 Å². The van der Waals surface area contributed by atoms with E-state index >= 15 is 0 Å². The van der Waals surface area contributed by atoms with E-state index in [4.69, 9.17) is 23.6 Å². The van der Waals surface area contributed by atoms with Gasteiger partial charge < -0.3 is 23.6 Å². The Balaban J connectivity index is 2.60. The predicted octanol–water partition coefficient (Wildman–Crippen LogP) is 2.04. The fourth-order valence-corrected chi connectivity index (χ4v) is 2.89. The second kappa shape index (κ2) is 9.51. The summed E-state index contributed by atoms with van der Waals surface area (Å²) in [6.45, 7) is 8.63. The third-order valence-corrected chi connectivity index (χ3v) is 4.24. The van der Waals surface area contributed by atoms with Gasteiger partial charge in [0.1, 0.15) is 18.5 Å². The zero-order valence-electron chi connectivity index (χ0n) is 13.1. The summed E-state index contributed by atoms with van der Waals surface area (Å²) in [7, 11) is 5.29. The van der Waals surface area contributed by atoms with E-state index in [-0.39, 0.29) is 36.6 Å². The van der Waals surface area contributed by atoms with Crippen LogP contribution in [-0.2, 0) is 23.6 Å². The third-order valence-electron chi connectivity index (χ3n) is 3.65. The highest BCUT2D eigenvalue weighted by Gasteiger charge is 2.57. The van der Waals surface area contributed by atoms with E-state index < -0.39 is 0 Å². The number of thiol groups is 1. The van der Waals surface area contributed by atoms with Crippen LogP contribution in [-0.4, -0.2) is 58.7 Å². The van der Waals surface area contributed by atoms with E-state index in [0.29, 0.717) is 14.3 Å². The van der Waals surface area contributed by atoms with Gasteiger partial charge in [-0.25, -0.2) is 0 Å². The molecular formula is C13H25BO5PS. The summed E-state index contributed by atoms with van der Waals surface area (Å²) in [5.74, 6) is 0.121. The molecule has 1 fully saturated rings. The van der Waals surface area contributed by atoms with Crippen LogP contribution in [0.15, 0.2) is 12.7 Å². The molecule has 8 heteroatoms. The van der Waals surface area contributed by atoms with E-state index in [1.165, 1.54) is 0 Å². The minimum Gasteiger partial charge on any atom is -0.431 e. The van der Waals surface area contributed by atoms with Crippen molar-refractivity contribution in [1.82, 2.24) is 0 Å². The minimum atomic E-state index is -0.294. The molecule has 0 amide bonds. The fraction of sp³-hybridized carbons (Fsp3) is 0.846. The molecule has 0 aromatic heterocycles. The van der Waals surface area contributed by atoms with Crippen molar-refractivity contribution in [3.63, 3.8) is 0 Å². The summed E-state index contributed by atoms with van der Waals surface area (Å²) in [6.07, 6.45) is 1.39. The second-order valence-electron chi connectivity index (χ2n) is 5.24. The van der Waals surface area contributed by atoms with Gasteiger partial charge in [-0.3, -0.25) is 0 Å². The normalized spacial score (nSPS) is 29.3. The van der Waals surface area contributed by atoms with Crippen LogP contribution in [0.2, 0.25) is 0 Å². The molecule has 1 saturated heterocycles. The molecule has 0 aromatic rings. The number of hydrogen-bond acceptors (Lipinski definition) is 6. The Morgan fingerprint density at radius 1 is 1.52 bits per heavy atom. The number of rotatable bonds is 12. The first-order chi connectivity index (χ1) is 10.0. The zero-order chi connectivity index (χ0) is 15.9. The molecule has 0 spiro atoms. The van der Waals surface area contributed by atoms with E-state index in [1.54, 1.807) is 27.5 Å². The highest BCUT2D eigenvalue weighted by molar-refractivity contribution is 8.46. The molecule has 0 bridgehead atoms. The van der Waals surface area contributed by atoms with Crippen LogP contribution in [0.1, 0.15) is 13.8 Å². The Kier molecular flexibility index (Phi) is 8.80. The molecule has 21 heavy (non-hydrogen) atoms. The van der Waals surface area contributed by atoms with Crippen LogP contribution in [0.4, 0.5) is 0 Å². The van der Waals surface area contributed by atoms with Crippen LogP contribution < -0.4 is 0 Å². The molecule has 1 rings (SSSR count). The van der Waals surface area contributed by atoms with E-state index in [9.17, 15) is 0 Å². The lowest BCUT2D eigenvalue weighted by molar-refractivity contribution is -0.130. The average Bonchev–Trinajstić information content (AvgIpc) is 3.15. The Bertz CT molecular complexity index is 325. The summed E-state index contributed by atoms with van der Waals surface area (Å²) < 4.78 is 27.5. The average molecular weight is 335 g/mol. The molecular weight excluding hydrogens is 310 g/mol. The maximum Gasteiger partial charge on any atom is 0.332 e. The summed E-state index contributed by atoms with van der Waals surface area (Å²) in [5, 5.41) is 0. The molecule has 1 heterocycles. The van der Waals surface area contributed by atoms with Gasteiger partial charge in [0.25, 0.3) is 0 Å². The van der Waals surface area contributed by atoms with Crippen molar-refractivity contribution in [2.75, 3.05) is 27.6 Å². The summed E-state index contributed by atoms with van der Waals surface area (Å²) in [6, 6.07) is 0. The van der Waals surface area contributed by atoms with Crippen molar-refractivity contribution in [2.24, 2.45) is 5.92 Å². The Morgan fingerprint density at radius 2 is 2.24 bits per heavy atom. The second-order valence-corrected chi connectivity index (χ2v) is 6.51. The Hall–Kier alpha value is 0.385. The maximum atomic E-state index is 5.84. The van der Waals surface area contributed by atoms with Gasteiger partial charge in [-0.2, -0.15) is 12.2 Å². The molecule has 5 nitrogen and oxygen atoms in total. The molecule has 1 aliphatic heterocycles. The van der Waals surface area contributed by atoms with E-state index in [0.717, 1.165) is 0 Å². The number of hydrogen-bond donors (Lipinski definition) is 1. The van der Waals surface area contributed by atoms with Gasteiger partial charge in [0.2, 0.25) is 0 Å². The van der Waals surface area contributed by atoms with E-state index in [1.807, 2.05) is 6.92 Å². The molecule has 0 aliphatic carbocycles. The molecule has 1 aliphatic rings. The highest BCUT2D eigenvalue weighted by Crippen LogP contribution is 2.43. The van der Waals surface area contributed by atoms with E-state index in [2.05, 4.69) is 25.8 Å². The Labute approximate surface area is 135 Å². The van der Waals surface area contributed by atoms with Crippen molar-refractivity contribution in [3.8, 4) is 0 Å². The predicted molar refractivity (Wildman–Crippen MR) is 89.2 cm³/mol. The van der Waals surface area contributed by atoms with Crippen molar-refractivity contribution in [3.05, 3.63) is 12.7 Å². The van der Waals surface area contributed by atoms with Crippen LogP contribution >= 0.6 is 19.9 Å². The van der Waals surface area contributed by atoms with Crippen LogP contribution in [0.5, 0.6) is 0 Å². The quantitative estimate of drug-likeness (QED) is 0.113. The van der Waals surface area contributed by atoms with Crippen LogP contribution in [0.3, 0.4) is 0 Å². The summed E-state index contributed by atoms with van der Waals surface area (Å²) in [5.41, 5.74) is -0.294. The van der Waals surface area contributed by atoms with Gasteiger partial charge in [0.05, 0.1) is 18.8 Å². The monoisotopic (exact) mass is 335 g/mol. The first-order valence-corrected chi connectivity index (χ1v) is 9.17. The number of ether oxygens (including phenoxy) is 4. The first-order valence-electron chi connectivity index (χ1n) is 6.80. The lowest BCUT2D eigenvalue weighted by Gasteiger charge is -2.28. The standard InChI is InChI=1S/C13H25BO5PS/c1-6-10(16-5)11(17-8-15-4)9(2)12-13(3,19-12)7-18-14-20-21/h6,9-12,20-21H,1,7-8H2,2-5H3/t9-,10-,11-,12+,13-/m0/s1. The van der Waals surface area contributed by atoms with Crippen molar-refractivity contribution in [2.45, 2.75) is 37.8 Å². The Morgan fingerprint density at radius 3 is 2.76 bits per heavy atom. The molecule has 121 valence electrons. The molecule has 0 aromatic carbocycles. The van der Waals surface area contributed by atoms with Crippen LogP contribution in [0.25, 0.3) is 0 Å². The zero-order valence-corrected chi connectivity index (χ0v) is 15.0. The lowest BCUT2D eigenvalue weighted by Crippen LogP contribution is -2.40. The first kappa shape index (κ1) is 19.4. The van der Waals surface area contributed by atoms with Crippen molar-refractivity contribution >= 4 is 27.1 Å². The highest BCUT2D eigenvalue weighted by atomic mass is 32.7. The molecule has 0 N–H and O–H groups in total. The molecule has 6 atom stereocenters. The molecule has 1 radical (unpaired) electrons. The third kappa shape index (κ3) is 5.50. The van der Waals surface area contributed by atoms with Gasteiger partial charge in [-0.1, -0.05) is 20.7 Å². The summed E-state index contributed by atoms with van der Waals surface area (Å²) >= 11 is 4.10. The molecule has 0 saturated carbocycles. The SMILES string of the molecule is C=C[C@H](OC)[C@@H](OCOC)[C@H](C)[C@H]1O[C@@]1(C)CO[B]PS. The van der Waals surface area contributed by atoms with Crippen molar-refractivity contribution < 1.29 is 23.6 Å². The van der Waals surface area contributed by atoms with Crippen LogP contribution in [0, 0.1) is 5.92 Å². The maximum absolute atomic E-state index is 5.84. The largest absolute Gasteiger partial charge is 0.431 e. The van der Waals surface area contributed by atoms with Gasteiger partial charge in [0, 0.05) is 20.1 Å². The minimum absolute atomic E-state index is 0.0496. The lowest BCUT2D eigenvalue weighted by atomic mass is 9.90. The molecule has 1 unspecified atom stereocenters. The van der Waals surface area contributed by atoms with Gasteiger partial charge >= 0.3 is 7.20 Å². The number of methoxy groups -OCH3 is 2. The van der Waals surface area contributed by atoms with Gasteiger partial charge in [0.15, 0.2) is 0 Å². The number of epoxide rings is 1. The van der Waals surface area contributed by atoms with Gasteiger partial charge in [-0.05, 0) is 6.92 Å². The fourth-order valence-electron chi connectivity index (χ4n) is 2.51. The van der Waals surface area contributed by atoms with Crippen molar-refractivity contribution in [1.29, 1.82) is 0 Å².